The van der Waals surface area contributed by atoms with E-state index in [1.54, 1.807) is 27.7 Å². The van der Waals surface area contributed by atoms with E-state index in [1.807, 2.05) is 0 Å². The number of alkyl halides is 6. The number of benzene rings is 1. The van der Waals surface area contributed by atoms with Gasteiger partial charge in [-0.3, -0.25) is 4.79 Å². The second kappa shape index (κ2) is 8.07. The first kappa shape index (κ1) is 24.5. The molecule has 0 amide bonds. The molecule has 11 heteroatoms. The number of rotatable bonds is 5. The summed E-state index contributed by atoms with van der Waals surface area (Å²) < 4.78 is 96.2. The van der Waals surface area contributed by atoms with Gasteiger partial charge in [0.2, 0.25) is 0 Å². The molecule has 0 bridgehead atoms. The zero-order valence-electron chi connectivity index (χ0n) is 17.2. The number of halogens is 6. The van der Waals surface area contributed by atoms with Gasteiger partial charge in [-0.1, -0.05) is 0 Å². The monoisotopic (exact) mass is 440 g/mol. The Morgan fingerprint density at radius 3 is 1.77 bits per heavy atom. The highest BCUT2D eigenvalue weighted by molar-refractivity contribution is 6.48. The quantitative estimate of drug-likeness (QED) is 0.350. The molecular formula is C19H23BF6O4. The summed E-state index contributed by atoms with van der Waals surface area (Å²) >= 11 is 0. The SMILES string of the molecule is CCOC(=O)CC(B1OC(C)(C)C(C)(C)O1)c1cc(C(F)(F)F)cc(C(F)(F)F)c1. The first-order valence-corrected chi connectivity index (χ1v) is 9.28. The number of esters is 1. The Balaban J connectivity index is 2.59. The zero-order chi connectivity index (χ0) is 23.1. The summed E-state index contributed by atoms with van der Waals surface area (Å²) in [5.74, 6) is -2.03. The number of carbonyl (C=O) groups excluding carboxylic acids is 1. The Hall–Kier alpha value is -1.75. The summed E-state index contributed by atoms with van der Waals surface area (Å²) in [5, 5.41) is 0. The van der Waals surface area contributed by atoms with Gasteiger partial charge in [0.25, 0.3) is 0 Å². The van der Waals surface area contributed by atoms with E-state index in [-0.39, 0.29) is 18.2 Å². The van der Waals surface area contributed by atoms with Gasteiger partial charge >= 0.3 is 25.4 Å². The normalized spacial score (nSPS) is 19.6. The van der Waals surface area contributed by atoms with Gasteiger partial charge in [-0.05, 0) is 58.4 Å². The summed E-state index contributed by atoms with van der Waals surface area (Å²) in [6.07, 6.45) is -10.5. The molecule has 0 radical (unpaired) electrons. The van der Waals surface area contributed by atoms with Crippen LogP contribution in [0.25, 0.3) is 0 Å². The van der Waals surface area contributed by atoms with Crippen LogP contribution in [0.2, 0.25) is 0 Å². The van der Waals surface area contributed by atoms with Crippen molar-refractivity contribution < 1.29 is 45.2 Å². The number of hydrogen-bond acceptors (Lipinski definition) is 4. The van der Waals surface area contributed by atoms with Crippen LogP contribution < -0.4 is 0 Å². The maximum atomic E-state index is 13.3. The van der Waals surface area contributed by atoms with Crippen LogP contribution in [0.3, 0.4) is 0 Å². The maximum absolute atomic E-state index is 13.3. The molecule has 1 unspecified atom stereocenters. The van der Waals surface area contributed by atoms with E-state index in [2.05, 4.69) is 0 Å². The van der Waals surface area contributed by atoms with Crippen molar-refractivity contribution in [2.75, 3.05) is 6.61 Å². The van der Waals surface area contributed by atoms with Crippen LogP contribution in [0.1, 0.15) is 63.5 Å². The van der Waals surface area contributed by atoms with Gasteiger partial charge in [-0.25, -0.2) is 0 Å². The smallest absolute Gasteiger partial charge is 0.466 e. The molecule has 1 aromatic carbocycles. The lowest BCUT2D eigenvalue weighted by Crippen LogP contribution is -2.41. The maximum Gasteiger partial charge on any atom is 0.466 e. The topological polar surface area (TPSA) is 44.8 Å². The molecule has 1 aliphatic rings. The molecule has 1 aromatic rings. The van der Waals surface area contributed by atoms with Gasteiger partial charge < -0.3 is 14.0 Å². The van der Waals surface area contributed by atoms with Crippen LogP contribution in [0.5, 0.6) is 0 Å². The van der Waals surface area contributed by atoms with Crippen LogP contribution in [0, 0.1) is 0 Å². The Morgan fingerprint density at radius 1 is 0.967 bits per heavy atom. The Labute approximate surface area is 171 Å². The van der Waals surface area contributed by atoms with Gasteiger partial charge in [-0.15, -0.1) is 0 Å². The molecule has 0 N–H and O–H groups in total. The molecule has 0 aromatic heterocycles. The predicted octanol–water partition coefficient (Wildman–Crippen LogP) is 5.39. The Kier molecular flexibility index (Phi) is 6.60. The molecule has 1 heterocycles. The summed E-state index contributed by atoms with van der Waals surface area (Å²) in [6, 6.07) is 1.21. The van der Waals surface area contributed by atoms with E-state index in [9.17, 15) is 31.1 Å². The fraction of sp³-hybridized carbons (Fsp3) is 0.632. The van der Waals surface area contributed by atoms with Gasteiger partial charge in [0.15, 0.2) is 0 Å². The zero-order valence-corrected chi connectivity index (χ0v) is 17.2. The summed E-state index contributed by atoms with van der Waals surface area (Å²) in [5.41, 5.74) is -5.13. The lowest BCUT2D eigenvalue weighted by atomic mass is 9.65. The number of ether oxygens (including phenoxy) is 1. The van der Waals surface area contributed by atoms with Gasteiger partial charge in [0, 0.05) is 5.82 Å². The van der Waals surface area contributed by atoms with E-state index in [4.69, 9.17) is 14.0 Å². The first-order chi connectivity index (χ1) is 13.5. The molecule has 0 spiro atoms. The minimum Gasteiger partial charge on any atom is -0.466 e. The molecule has 4 nitrogen and oxygen atoms in total. The number of carbonyl (C=O) groups is 1. The lowest BCUT2D eigenvalue weighted by molar-refractivity contribution is -0.143. The van der Waals surface area contributed by atoms with Crippen molar-refractivity contribution in [2.45, 2.75) is 70.4 Å². The Morgan fingerprint density at radius 2 is 1.40 bits per heavy atom. The largest absolute Gasteiger partial charge is 0.466 e. The van der Waals surface area contributed by atoms with E-state index in [0.717, 1.165) is 0 Å². The Bertz CT molecular complexity index is 740. The van der Waals surface area contributed by atoms with Crippen molar-refractivity contribution in [2.24, 2.45) is 0 Å². The summed E-state index contributed by atoms with van der Waals surface area (Å²) in [4.78, 5) is 12.1. The third-order valence-corrected chi connectivity index (χ3v) is 5.33. The van der Waals surface area contributed by atoms with Crippen LogP contribution in [-0.4, -0.2) is 30.9 Å². The molecule has 1 aliphatic heterocycles. The average molecular weight is 440 g/mol. The fourth-order valence-corrected chi connectivity index (χ4v) is 3.02. The van der Waals surface area contributed by atoms with E-state index < -0.39 is 60.0 Å². The predicted molar refractivity (Wildman–Crippen MR) is 96.5 cm³/mol. The minimum absolute atomic E-state index is 0.00527. The molecule has 0 saturated carbocycles. The average Bonchev–Trinajstić information content (AvgIpc) is 2.78. The second-order valence-electron chi connectivity index (χ2n) is 8.08. The molecule has 1 saturated heterocycles. The number of hydrogen-bond donors (Lipinski definition) is 0. The van der Waals surface area contributed by atoms with E-state index in [1.165, 1.54) is 6.92 Å². The molecule has 0 aliphatic carbocycles. The van der Waals surface area contributed by atoms with Gasteiger partial charge in [-0.2, -0.15) is 26.3 Å². The van der Waals surface area contributed by atoms with Crippen molar-refractivity contribution in [1.29, 1.82) is 0 Å². The van der Waals surface area contributed by atoms with Crippen LogP contribution in [0.4, 0.5) is 26.3 Å². The third kappa shape index (κ3) is 5.29. The van der Waals surface area contributed by atoms with Crippen molar-refractivity contribution in [3.8, 4) is 0 Å². The van der Waals surface area contributed by atoms with Crippen molar-refractivity contribution >= 4 is 13.1 Å². The molecule has 1 atom stereocenters. The van der Waals surface area contributed by atoms with Crippen molar-refractivity contribution in [3.05, 3.63) is 34.9 Å². The molecule has 30 heavy (non-hydrogen) atoms. The molecular weight excluding hydrogens is 417 g/mol. The van der Waals surface area contributed by atoms with Crippen molar-refractivity contribution in [1.82, 2.24) is 0 Å². The first-order valence-electron chi connectivity index (χ1n) is 9.28. The standard InChI is InChI=1S/C19H23BF6O4/c1-6-28-15(27)10-14(20-29-16(2,3)17(4,5)30-20)11-7-12(18(21,22)23)9-13(8-11)19(24,25)26/h7-9,14H,6,10H2,1-5H3. The lowest BCUT2D eigenvalue weighted by Gasteiger charge is -2.32. The van der Waals surface area contributed by atoms with E-state index in [0.29, 0.717) is 12.1 Å². The van der Waals surface area contributed by atoms with E-state index >= 15 is 0 Å². The fourth-order valence-electron chi connectivity index (χ4n) is 3.02. The summed E-state index contributed by atoms with van der Waals surface area (Å²) in [7, 11) is -1.25. The highest BCUT2D eigenvalue weighted by Crippen LogP contribution is 2.44. The molecule has 2 rings (SSSR count). The van der Waals surface area contributed by atoms with Crippen LogP contribution in [0.15, 0.2) is 18.2 Å². The van der Waals surface area contributed by atoms with Gasteiger partial charge in [0.05, 0.1) is 35.4 Å². The minimum atomic E-state index is -5.01. The summed E-state index contributed by atoms with van der Waals surface area (Å²) in [6.45, 7) is 8.27. The van der Waals surface area contributed by atoms with Gasteiger partial charge in [0.1, 0.15) is 0 Å². The third-order valence-electron chi connectivity index (χ3n) is 5.33. The molecule has 1 fully saturated rings. The highest BCUT2D eigenvalue weighted by Gasteiger charge is 2.54. The van der Waals surface area contributed by atoms with Crippen LogP contribution in [-0.2, 0) is 31.2 Å². The van der Waals surface area contributed by atoms with Crippen LogP contribution >= 0.6 is 0 Å². The van der Waals surface area contributed by atoms with Crippen molar-refractivity contribution in [3.63, 3.8) is 0 Å². The molecule has 168 valence electrons. The highest BCUT2D eigenvalue weighted by atomic mass is 19.4. The second-order valence-corrected chi connectivity index (χ2v) is 8.08.